The van der Waals surface area contributed by atoms with Crippen molar-refractivity contribution in [2.75, 3.05) is 17.2 Å². The highest BCUT2D eigenvalue weighted by Gasteiger charge is 2.29. The van der Waals surface area contributed by atoms with Gasteiger partial charge in [0, 0.05) is 17.0 Å². The predicted molar refractivity (Wildman–Crippen MR) is 120 cm³/mol. The number of urea groups is 1. The van der Waals surface area contributed by atoms with Gasteiger partial charge < -0.3 is 19.3 Å². The molecule has 1 aromatic heterocycles. The zero-order valence-corrected chi connectivity index (χ0v) is 18.4. The van der Waals surface area contributed by atoms with Crippen molar-refractivity contribution in [3.8, 4) is 28.4 Å². The molecule has 7 heteroatoms. The van der Waals surface area contributed by atoms with Crippen molar-refractivity contribution < 1.29 is 18.8 Å². The Morgan fingerprint density at radius 1 is 1.10 bits per heavy atom. The largest absolute Gasteiger partial charge is 0.493 e. The number of nitrogens with zero attached hydrogens (tertiary/aromatic N) is 1. The third kappa shape index (κ3) is 4.82. The number of hydrogen-bond acceptors (Lipinski definition) is 5. The summed E-state index contributed by atoms with van der Waals surface area (Å²) in [5, 5.41) is 9.54. The molecule has 0 bridgehead atoms. The van der Waals surface area contributed by atoms with Crippen LogP contribution in [0, 0.1) is 5.92 Å². The topological polar surface area (TPSA) is 88.9 Å². The lowest BCUT2D eigenvalue weighted by molar-refractivity contribution is 0.262. The summed E-state index contributed by atoms with van der Waals surface area (Å²) < 4.78 is 16.6. The summed E-state index contributed by atoms with van der Waals surface area (Å²) in [4.78, 5) is 12.6. The number of anilines is 2. The molecule has 3 aromatic rings. The maximum Gasteiger partial charge on any atom is 0.325 e. The number of rotatable bonds is 6. The summed E-state index contributed by atoms with van der Waals surface area (Å²) >= 11 is 0. The number of amides is 2. The molecule has 4 rings (SSSR count). The molecular weight excluding hydrogens is 394 g/mol. The zero-order chi connectivity index (χ0) is 22.2. The van der Waals surface area contributed by atoms with E-state index in [4.69, 9.17) is 14.0 Å². The number of aromatic nitrogens is 1. The molecule has 0 spiro atoms. The number of fused-ring (bicyclic) bond motifs is 1. The summed E-state index contributed by atoms with van der Waals surface area (Å²) in [6.07, 6.45) is 0. The van der Waals surface area contributed by atoms with Gasteiger partial charge in [0.25, 0.3) is 0 Å². The van der Waals surface area contributed by atoms with Gasteiger partial charge in [0.1, 0.15) is 11.5 Å². The molecule has 0 saturated carbocycles. The first-order valence-electron chi connectivity index (χ1n) is 10.3. The van der Waals surface area contributed by atoms with Gasteiger partial charge in [-0.15, -0.1) is 0 Å². The van der Waals surface area contributed by atoms with Gasteiger partial charge in [-0.1, -0.05) is 51.9 Å². The lowest BCUT2D eigenvalue weighted by Gasteiger charge is -2.12. The fraction of sp³-hybridized carbons (Fsp3) is 0.333. The van der Waals surface area contributed by atoms with E-state index in [0.717, 1.165) is 22.6 Å². The summed E-state index contributed by atoms with van der Waals surface area (Å²) in [7, 11) is 0. The molecule has 31 heavy (non-hydrogen) atoms. The average molecular weight is 421 g/mol. The van der Waals surface area contributed by atoms with Crippen molar-refractivity contribution in [3.05, 3.63) is 48.2 Å². The van der Waals surface area contributed by atoms with Gasteiger partial charge >= 0.3 is 6.03 Å². The number of nitrogens with one attached hydrogen (secondary N) is 2. The zero-order valence-electron chi connectivity index (χ0n) is 18.4. The van der Waals surface area contributed by atoms with Crippen molar-refractivity contribution in [3.63, 3.8) is 0 Å². The molecular formula is C24H27N3O4. The molecule has 0 atom stereocenters. The second-order valence-corrected chi connectivity index (χ2v) is 9.05. The van der Waals surface area contributed by atoms with E-state index < -0.39 is 6.03 Å². The van der Waals surface area contributed by atoms with Crippen molar-refractivity contribution in [2.45, 2.75) is 40.0 Å². The van der Waals surface area contributed by atoms with Crippen molar-refractivity contribution in [1.29, 1.82) is 0 Å². The first kappa shape index (κ1) is 20.8. The van der Waals surface area contributed by atoms with Crippen LogP contribution in [-0.2, 0) is 5.41 Å². The number of hydrogen-bond donors (Lipinski definition) is 2. The van der Waals surface area contributed by atoms with Crippen LogP contribution in [0.5, 0.6) is 17.2 Å². The maximum absolute atomic E-state index is 12.6. The van der Waals surface area contributed by atoms with E-state index in [9.17, 15) is 4.79 Å². The molecule has 2 aromatic carbocycles. The minimum Gasteiger partial charge on any atom is -0.493 e. The SMILES string of the molecule is CC(C)COc1ccc(-c2ccc3c(c2NC(=O)Nc2cc(C(C)(C)C)on2)O3)cc1. The Balaban J connectivity index is 1.50. The molecule has 162 valence electrons. The molecule has 0 fully saturated rings. The molecule has 2 amide bonds. The fourth-order valence-corrected chi connectivity index (χ4v) is 3.04. The van der Waals surface area contributed by atoms with Crippen molar-refractivity contribution in [2.24, 2.45) is 5.92 Å². The number of carbonyl (C=O) groups excluding carboxylic acids is 1. The summed E-state index contributed by atoms with van der Waals surface area (Å²) in [6.45, 7) is 10.9. The Labute approximate surface area is 181 Å². The molecule has 0 radical (unpaired) electrons. The van der Waals surface area contributed by atoms with E-state index in [1.54, 1.807) is 6.07 Å². The summed E-state index contributed by atoms with van der Waals surface area (Å²) in [5.41, 5.74) is 2.23. The van der Waals surface area contributed by atoms with Crippen LogP contribution < -0.4 is 20.1 Å². The summed E-state index contributed by atoms with van der Waals surface area (Å²) in [5.74, 6) is 3.75. The van der Waals surface area contributed by atoms with E-state index in [1.165, 1.54) is 0 Å². The minimum atomic E-state index is -0.421. The van der Waals surface area contributed by atoms with E-state index in [0.29, 0.717) is 35.5 Å². The van der Waals surface area contributed by atoms with Crippen LogP contribution in [0.1, 0.15) is 40.4 Å². The van der Waals surface area contributed by atoms with E-state index >= 15 is 0 Å². The maximum atomic E-state index is 12.6. The van der Waals surface area contributed by atoms with Crippen molar-refractivity contribution in [1.82, 2.24) is 5.16 Å². The Hall–Kier alpha value is -3.48. The van der Waals surface area contributed by atoms with Gasteiger partial charge in [0.15, 0.2) is 17.3 Å². The van der Waals surface area contributed by atoms with Gasteiger partial charge in [0.05, 0.1) is 12.3 Å². The second kappa shape index (κ2) is 7.98. The molecule has 2 N–H and O–H groups in total. The van der Waals surface area contributed by atoms with Crippen LogP contribution >= 0.6 is 0 Å². The highest BCUT2D eigenvalue weighted by atomic mass is 16.6. The molecule has 1 aliphatic heterocycles. The lowest BCUT2D eigenvalue weighted by Crippen LogP contribution is -2.19. The van der Waals surface area contributed by atoms with Crippen LogP contribution in [0.15, 0.2) is 47.0 Å². The first-order valence-corrected chi connectivity index (χ1v) is 10.3. The second-order valence-electron chi connectivity index (χ2n) is 9.05. The van der Waals surface area contributed by atoms with E-state index in [1.807, 2.05) is 57.2 Å². The normalized spacial score (nSPS) is 12.2. The van der Waals surface area contributed by atoms with E-state index in [2.05, 4.69) is 29.6 Å². The first-order chi connectivity index (χ1) is 14.7. The number of benzene rings is 2. The molecule has 0 saturated heterocycles. The lowest BCUT2D eigenvalue weighted by atomic mass is 9.93. The molecule has 0 aliphatic carbocycles. The highest BCUT2D eigenvalue weighted by Crippen LogP contribution is 2.54. The fourth-order valence-electron chi connectivity index (χ4n) is 3.04. The Morgan fingerprint density at radius 3 is 2.48 bits per heavy atom. The Kier molecular flexibility index (Phi) is 5.35. The van der Waals surface area contributed by atoms with Gasteiger partial charge in [-0.2, -0.15) is 0 Å². The van der Waals surface area contributed by atoms with Crippen LogP contribution in [-0.4, -0.2) is 17.8 Å². The van der Waals surface area contributed by atoms with Crippen LogP contribution in [0.4, 0.5) is 16.3 Å². The summed E-state index contributed by atoms with van der Waals surface area (Å²) in [6, 6.07) is 12.9. The van der Waals surface area contributed by atoms with Gasteiger partial charge in [0.2, 0.25) is 0 Å². The molecule has 1 aliphatic rings. The number of carbonyl (C=O) groups is 1. The molecule has 7 nitrogen and oxygen atoms in total. The molecule has 2 heterocycles. The van der Waals surface area contributed by atoms with Crippen LogP contribution in [0.3, 0.4) is 0 Å². The third-order valence-corrected chi connectivity index (χ3v) is 4.77. The molecule has 0 unspecified atom stereocenters. The van der Waals surface area contributed by atoms with Crippen molar-refractivity contribution >= 4 is 17.5 Å². The third-order valence-electron chi connectivity index (χ3n) is 4.77. The van der Waals surface area contributed by atoms with E-state index in [-0.39, 0.29) is 5.41 Å². The Morgan fingerprint density at radius 2 is 1.84 bits per heavy atom. The van der Waals surface area contributed by atoms with Crippen LogP contribution in [0.25, 0.3) is 11.1 Å². The van der Waals surface area contributed by atoms with Gasteiger partial charge in [-0.05, 0) is 35.7 Å². The van der Waals surface area contributed by atoms with Gasteiger partial charge in [-0.25, -0.2) is 4.79 Å². The number of ether oxygens (including phenoxy) is 2. The predicted octanol–water partition coefficient (Wildman–Crippen LogP) is 6.42. The standard InChI is InChI=1S/C24H27N3O4/c1-14(2)13-29-16-8-6-15(7-9-16)17-10-11-18-22(30-18)21(17)26-23(28)25-20-12-19(31-27-20)24(3,4)5/h6-12,14H,13H2,1-5H3,(H2,25,26,27,28). The highest BCUT2D eigenvalue weighted by molar-refractivity contribution is 6.05. The van der Waals surface area contributed by atoms with Gasteiger partial charge in [-0.3, -0.25) is 5.32 Å². The quantitative estimate of drug-likeness (QED) is 0.351. The smallest absolute Gasteiger partial charge is 0.325 e. The van der Waals surface area contributed by atoms with Crippen LogP contribution in [0.2, 0.25) is 0 Å². The minimum absolute atomic E-state index is 0.195. The monoisotopic (exact) mass is 421 g/mol. The average Bonchev–Trinajstić information content (AvgIpc) is 3.35. The Bertz CT molecular complexity index is 1100.